The molecular formula is C16H14F2N2O3. The van der Waals surface area contributed by atoms with E-state index in [0.717, 1.165) is 12.1 Å². The van der Waals surface area contributed by atoms with Gasteiger partial charge in [-0.15, -0.1) is 0 Å². The second kappa shape index (κ2) is 7.35. The minimum atomic E-state index is -0.913. The first-order valence-electron chi connectivity index (χ1n) is 6.67. The number of ether oxygens (including phenoxy) is 1. The number of methoxy groups -OCH3 is 1. The largest absolute Gasteiger partial charge is 0.495 e. The van der Waals surface area contributed by atoms with E-state index in [4.69, 9.17) is 4.74 Å². The number of rotatable bonds is 5. The van der Waals surface area contributed by atoms with Crippen LogP contribution >= 0.6 is 0 Å². The topological polar surface area (TPSA) is 67.4 Å². The van der Waals surface area contributed by atoms with Crippen molar-refractivity contribution in [2.24, 2.45) is 0 Å². The lowest BCUT2D eigenvalue weighted by Gasteiger charge is -2.10. The standard InChI is InChI=1S/C16H14F2N2O3/c1-23-14-5-3-2-4-13(14)20-16(22)9-15(21)19-12-7-6-10(17)8-11(12)18/h2-8H,9H2,1H3,(H,19,21)(H,20,22). The van der Waals surface area contributed by atoms with Gasteiger partial charge in [-0.3, -0.25) is 9.59 Å². The normalized spacial score (nSPS) is 10.0. The average Bonchev–Trinajstić information content (AvgIpc) is 2.50. The highest BCUT2D eigenvalue weighted by atomic mass is 19.1. The van der Waals surface area contributed by atoms with E-state index in [1.807, 2.05) is 0 Å². The molecule has 2 aromatic carbocycles. The molecule has 0 spiro atoms. The summed E-state index contributed by atoms with van der Waals surface area (Å²) in [5, 5.41) is 4.73. The molecule has 0 bridgehead atoms. The Morgan fingerprint density at radius 1 is 1.00 bits per heavy atom. The van der Waals surface area contributed by atoms with E-state index in [2.05, 4.69) is 10.6 Å². The highest BCUT2D eigenvalue weighted by Crippen LogP contribution is 2.23. The van der Waals surface area contributed by atoms with Crippen LogP contribution in [0, 0.1) is 11.6 Å². The Balaban J connectivity index is 1.96. The molecule has 23 heavy (non-hydrogen) atoms. The van der Waals surface area contributed by atoms with E-state index in [1.54, 1.807) is 24.3 Å². The molecule has 0 unspecified atom stereocenters. The summed E-state index contributed by atoms with van der Waals surface area (Å²) in [6.07, 6.45) is -0.519. The lowest BCUT2D eigenvalue weighted by molar-refractivity contribution is -0.123. The Hall–Kier alpha value is -2.96. The molecule has 2 rings (SSSR count). The fourth-order valence-electron chi connectivity index (χ4n) is 1.87. The Bertz CT molecular complexity index is 735. The summed E-state index contributed by atoms with van der Waals surface area (Å²) in [6, 6.07) is 9.45. The number of hydrogen-bond acceptors (Lipinski definition) is 3. The first kappa shape index (κ1) is 16.4. The van der Waals surface area contributed by atoms with Gasteiger partial charge >= 0.3 is 0 Å². The van der Waals surface area contributed by atoms with E-state index in [9.17, 15) is 18.4 Å². The van der Waals surface area contributed by atoms with Crippen LogP contribution in [0.15, 0.2) is 42.5 Å². The van der Waals surface area contributed by atoms with Gasteiger partial charge in [-0.25, -0.2) is 8.78 Å². The fourth-order valence-corrected chi connectivity index (χ4v) is 1.87. The van der Waals surface area contributed by atoms with Crippen LogP contribution in [0.5, 0.6) is 5.75 Å². The van der Waals surface area contributed by atoms with Gasteiger partial charge in [0, 0.05) is 6.07 Å². The summed E-state index contributed by atoms with van der Waals surface area (Å²) in [7, 11) is 1.45. The van der Waals surface area contributed by atoms with Crippen molar-refractivity contribution in [2.45, 2.75) is 6.42 Å². The average molecular weight is 320 g/mol. The van der Waals surface area contributed by atoms with Crippen molar-refractivity contribution in [1.82, 2.24) is 0 Å². The Morgan fingerprint density at radius 2 is 1.65 bits per heavy atom. The molecule has 0 fully saturated rings. The summed E-state index contributed by atoms with van der Waals surface area (Å²) in [5.74, 6) is -2.53. The van der Waals surface area contributed by atoms with Crippen LogP contribution in [0.1, 0.15) is 6.42 Å². The zero-order chi connectivity index (χ0) is 16.8. The molecule has 0 heterocycles. The van der Waals surface area contributed by atoms with Gasteiger partial charge < -0.3 is 15.4 Å². The molecule has 0 aliphatic rings. The minimum Gasteiger partial charge on any atom is -0.495 e. The number of para-hydroxylation sites is 2. The summed E-state index contributed by atoms with van der Waals surface area (Å²) in [5.41, 5.74) is 0.224. The summed E-state index contributed by atoms with van der Waals surface area (Å²) in [6.45, 7) is 0. The molecule has 2 amide bonds. The summed E-state index contributed by atoms with van der Waals surface area (Å²) in [4.78, 5) is 23.6. The zero-order valence-electron chi connectivity index (χ0n) is 12.2. The van der Waals surface area contributed by atoms with E-state index < -0.39 is 29.9 Å². The molecule has 0 aromatic heterocycles. The van der Waals surface area contributed by atoms with Crippen LogP contribution in [0.4, 0.5) is 20.2 Å². The smallest absolute Gasteiger partial charge is 0.233 e. The molecule has 0 atom stereocenters. The highest BCUT2D eigenvalue weighted by molar-refractivity contribution is 6.08. The molecule has 0 aliphatic carbocycles. The van der Waals surface area contributed by atoms with E-state index in [-0.39, 0.29) is 5.69 Å². The Morgan fingerprint density at radius 3 is 2.30 bits per heavy atom. The number of halogens is 2. The SMILES string of the molecule is COc1ccccc1NC(=O)CC(=O)Nc1ccc(F)cc1F. The molecular weight excluding hydrogens is 306 g/mol. The van der Waals surface area contributed by atoms with Gasteiger partial charge in [0.15, 0.2) is 0 Å². The van der Waals surface area contributed by atoms with Crippen LogP contribution in [-0.2, 0) is 9.59 Å². The fraction of sp³-hybridized carbons (Fsp3) is 0.125. The van der Waals surface area contributed by atoms with Crippen molar-refractivity contribution in [2.75, 3.05) is 17.7 Å². The van der Waals surface area contributed by atoms with Crippen molar-refractivity contribution in [3.05, 3.63) is 54.1 Å². The monoisotopic (exact) mass is 320 g/mol. The molecule has 0 aliphatic heterocycles. The van der Waals surface area contributed by atoms with Gasteiger partial charge in [-0.1, -0.05) is 12.1 Å². The number of amides is 2. The quantitative estimate of drug-likeness (QED) is 0.832. The third-order valence-electron chi connectivity index (χ3n) is 2.91. The van der Waals surface area contributed by atoms with Gasteiger partial charge in [0.2, 0.25) is 11.8 Å². The van der Waals surface area contributed by atoms with E-state index >= 15 is 0 Å². The second-order valence-electron chi connectivity index (χ2n) is 4.60. The van der Waals surface area contributed by atoms with Crippen molar-refractivity contribution >= 4 is 23.2 Å². The minimum absolute atomic E-state index is 0.193. The number of hydrogen-bond donors (Lipinski definition) is 2. The maximum absolute atomic E-state index is 13.4. The molecule has 5 nitrogen and oxygen atoms in total. The number of anilines is 2. The zero-order valence-corrected chi connectivity index (χ0v) is 12.2. The Labute approximate surface area is 131 Å². The molecule has 120 valence electrons. The number of nitrogens with one attached hydrogen (secondary N) is 2. The van der Waals surface area contributed by atoms with Gasteiger partial charge in [0.05, 0.1) is 18.5 Å². The molecule has 7 heteroatoms. The lowest BCUT2D eigenvalue weighted by Crippen LogP contribution is -2.22. The van der Waals surface area contributed by atoms with Gasteiger partial charge in [-0.2, -0.15) is 0 Å². The summed E-state index contributed by atoms with van der Waals surface area (Å²) < 4.78 is 31.3. The maximum Gasteiger partial charge on any atom is 0.233 e. The number of benzene rings is 2. The number of carbonyl (C=O) groups excluding carboxylic acids is 2. The predicted octanol–water partition coefficient (Wildman–Crippen LogP) is 2.94. The Kier molecular flexibility index (Phi) is 5.24. The van der Waals surface area contributed by atoms with Crippen LogP contribution in [0.2, 0.25) is 0 Å². The molecule has 0 radical (unpaired) electrons. The first-order valence-corrected chi connectivity index (χ1v) is 6.67. The molecule has 2 N–H and O–H groups in total. The van der Waals surface area contributed by atoms with Gasteiger partial charge in [-0.05, 0) is 24.3 Å². The highest BCUT2D eigenvalue weighted by Gasteiger charge is 2.13. The second-order valence-corrected chi connectivity index (χ2v) is 4.60. The van der Waals surface area contributed by atoms with E-state index in [0.29, 0.717) is 17.5 Å². The van der Waals surface area contributed by atoms with Crippen molar-refractivity contribution < 1.29 is 23.1 Å². The lowest BCUT2D eigenvalue weighted by atomic mass is 10.2. The third-order valence-corrected chi connectivity index (χ3v) is 2.91. The molecule has 2 aromatic rings. The van der Waals surface area contributed by atoms with Crippen LogP contribution in [-0.4, -0.2) is 18.9 Å². The van der Waals surface area contributed by atoms with Crippen molar-refractivity contribution in [3.8, 4) is 5.75 Å². The van der Waals surface area contributed by atoms with E-state index in [1.165, 1.54) is 7.11 Å². The van der Waals surface area contributed by atoms with Crippen molar-refractivity contribution in [3.63, 3.8) is 0 Å². The maximum atomic E-state index is 13.4. The summed E-state index contributed by atoms with van der Waals surface area (Å²) >= 11 is 0. The van der Waals surface area contributed by atoms with Gasteiger partial charge in [0.1, 0.15) is 23.8 Å². The van der Waals surface area contributed by atoms with Gasteiger partial charge in [0.25, 0.3) is 0 Å². The van der Waals surface area contributed by atoms with Crippen LogP contribution in [0.25, 0.3) is 0 Å². The molecule has 0 saturated heterocycles. The number of carbonyl (C=O) groups is 2. The van der Waals surface area contributed by atoms with Crippen LogP contribution < -0.4 is 15.4 Å². The molecule has 0 saturated carbocycles. The van der Waals surface area contributed by atoms with Crippen molar-refractivity contribution in [1.29, 1.82) is 0 Å². The first-order chi connectivity index (χ1) is 11.0. The predicted molar refractivity (Wildman–Crippen MR) is 81.2 cm³/mol. The van der Waals surface area contributed by atoms with Crippen LogP contribution in [0.3, 0.4) is 0 Å². The third kappa shape index (κ3) is 4.50.